The van der Waals surface area contributed by atoms with Gasteiger partial charge in [0.15, 0.2) is 0 Å². The van der Waals surface area contributed by atoms with E-state index in [-0.39, 0.29) is 12.0 Å². The van der Waals surface area contributed by atoms with Gasteiger partial charge in [-0.2, -0.15) is 0 Å². The standard InChI is InChI=1S/C8H19NO3.H2O/c1-4-10-8(7-9,11-5-2)12-6-3;/h4-7,9H2,1-3H3;1H2. The van der Waals surface area contributed by atoms with E-state index in [2.05, 4.69) is 0 Å². The lowest BCUT2D eigenvalue weighted by Gasteiger charge is -2.30. The van der Waals surface area contributed by atoms with E-state index in [4.69, 9.17) is 19.9 Å². The molecule has 0 saturated carbocycles. The van der Waals surface area contributed by atoms with Crippen LogP contribution in [0, 0.1) is 0 Å². The van der Waals surface area contributed by atoms with Gasteiger partial charge in [-0.15, -0.1) is 0 Å². The molecule has 0 aliphatic heterocycles. The van der Waals surface area contributed by atoms with Crippen molar-refractivity contribution in [3.8, 4) is 0 Å². The maximum Gasteiger partial charge on any atom is 0.295 e. The van der Waals surface area contributed by atoms with Gasteiger partial charge in [0, 0.05) is 19.8 Å². The quantitative estimate of drug-likeness (QED) is 0.574. The molecule has 0 unspecified atom stereocenters. The Bertz CT molecular complexity index is 93.3. The lowest BCUT2D eigenvalue weighted by atomic mass is 10.5. The Kier molecular flexibility index (Phi) is 9.87. The van der Waals surface area contributed by atoms with Crippen molar-refractivity contribution < 1.29 is 19.7 Å². The highest BCUT2D eigenvalue weighted by molar-refractivity contribution is 4.57. The average Bonchev–Trinajstić information content (AvgIpc) is 2.06. The van der Waals surface area contributed by atoms with Gasteiger partial charge in [-0.1, -0.05) is 0 Å². The number of ether oxygens (including phenoxy) is 3. The van der Waals surface area contributed by atoms with E-state index in [1.807, 2.05) is 20.8 Å². The highest BCUT2D eigenvalue weighted by Crippen LogP contribution is 2.13. The Hall–Kier alpha value is -0.200. The molecule has 0 aromatic carbocycles. The lowest BCUT2D eigenvalue weighted by molar-refractivity contribution is -0.370. The van der Waals surface area contributed by atoms with Gasteiger partial charge < -0.3 is 25.4 Å². The predicted octanol–water partition coefficient (Wildman–Crippen LogP) is -0.116. The van der Waals surface area contributed by atoms with Crippen molar-refractivity contribution in [1.82, 2.24) is 0 Å². The van der Waals surface area contributed by atoms with E-state index in [1.165, 1.54) is 0 Å². The van der Waals surface area contributed by atoms with Gasteiger partial charge in [0.2, 0.25) is 0 Å². The molecule has 0 heterocycles. The minimum Gasteiger partial charge on any atom is -0.412 e. The molecule has 0 aromatic heterocycles. The van der Waals surface area contributed by atoms with Crippen LogP contribution in [-0.4, -0.2) is 37.8 Å². The smallest absolute Gasteiger partial charge is 0.295 e. The molecular formula is C8H21NO4. The molecule has 5 nitrogen and oxygen atoms in total. The van der Waals surface area contributed by atoms with Crippen LogP contribution < -0.4 is 5.73 Å². The fourth-order valence-corrected chi connectivity index (χ4v) is 0.962. The summed E-state index contributed by atoms with van der Waals surface area (Å²) in [6.45, 7) is 7.42. The molecule has 0 saturated heterocycles. The van der Waals surface area contributed by atoms with Gasteiger partial charge in [0.1, 0.15) is 0 Å². The van der Waals surface area contributed by atoms with Gasteiger partial charge in [0.25, 0.3) is 5.97 Å². The topological polar surface area (TPSA) is 85.2 Å². The average molecular weight is 195 g/mol. The van der Waals surface area contributed by atoms with Crippen molar-refractivity contribution >= 4 is 0 Å². The maximum atomic E-state index is 5.49. The van der Waals surface area contributed by atoms with Gasteiger partial charge in [-0.05, 0) is 20.8 Å². The largest absolute Gasteiger partial charge is 0.412 e. The van der Waals surface area contributed by atoms with Crippen LogP contribution in [0.3, 0.4) is 0 Å². The predicted molar refractivity (Wildman–Crippen MR) is 50.3 cm³/mol. The summed E-state index contributed by atoms with van der Waals surface area (Å²) in [6, 6.07) is 0. The number of hydrogen-bond acceptors (Lipinski definition) is 4. The van der Waals surface area contributed by atoms with Crippen molar-refractivity contribution in [3.05, 3.63) is 0 Å². The molecule has 0 atom stereocenters. The van der Waals surface area contributed by atoms with Crippen molar-refractivity contribution in [3.63, 3.8) is 0 Å². The van der Waals surface area contributed by atoms with E-state index in [0.29, 0.717) is 19.8 Å². The Balaban J connectivity index is 0. The van der Waals surface area contributed by atoms with Crippen LogP contribution in [0.5, 0.6) is 0 Å². The molecule has 5 heteroatoms. The number of hydrogen-bond donors (Lipinski definition) is 1. The summed E-state index contributed by atoms with van der Waals surface area (Å²) >= 11 is 0. The normalized spacial score (nSPS) is 11.1. The Morgan fingerprint density at radius 1 is 0.923 bits per heavy atom. The van der Waals surface area contributed by atoms with Crippen LogP contribution in [0.4, 0.5) is 0 Å². The Morgan fingerprint density at radius 2 is 1.23 bits per heavy atom. The van der Waals surface area contributed by atoms with Crippen molar-refractivity contribution in [1.29, 1.82) is 0 Å². The van der Waals surface area contributed by atoms with Crippen LogP contribution in [0.1, 0.15) is 20.8 Å². The second-order valence-electron chi connectivity index (χ2n) is 2.19. The molecule has 13 heavy (non-hydrogen) atoms. The molecule has 0 fully saturated rings. The first kappa shape index (κ1) is 15.3. The van der Waals surface area contributed by atoms with Crippen LogP contribution >= 0.6 is 0 Å². The first-order valence-corrected chi connectivity index (χ1v) is 4.36. The number of rotatable bonds is 7. The molecule has 82 valence electrons. The van der Waals surface area contributed by atoms with Crippen LogP contribution in [-0.2, 0) is 14.2 Å². The van der Waals surface area contributed by atoms with Gasteiger partial charge in [-0.3, -0.25) is 0 Å². The first-order valence-electron chi connectivity index (χ1n) is 4.36. The van der Waals surface area contributed by atoms with Gasteiger partial charge in [-0.25, -0.2) is 0 Å². The van der Waals surface area contributed by atoms with Gasteiger partial charge in [0.05, 0.1) is 6.54 Å². The Morgan fingerprint density at radius 3 is 1.38 bits per heavy atom. The van der Waals surface area contributed by atoms with E-state index >= 15 is 0 Å². The highest BCUT2D eigenvalue weighted by Gasteiger charge is 2.30. The zero-order valence-electron chi connectivity index (χ0n) is 8.63. The third kappa shape index (κ3) is 5.17. The zero-order valence-corrected chi connectivity index (χ0v) is 8.63. The maximum absolute atomic E-state index is 5.49. The molecule has 0 radical (unpaired) electrons. The molecule has 0 aliphatic carbocycles. The van der Waals surface area contributed by atoms with Crippen LogP contribution in [0.25, 0.3) is 0 Å². The summed E-state index contributed by atoms with van der Waals surface area (Å²) in [4.78, 5) is 0. The van der Waals surface area contributed by atoms with Crippen molar-refractivity contribution in [2.45, 2.75) is 26.7 Å². The highest BCUT2D eigenvalue weighted by atomic mass is 16.9. The fourth-order valence-electron chi connectivity index (χ4n) is 0.962. The van der Waals surface area contributed by atoms with E-state index in [0.717, 1.165) is 0 Å². The van der Waals surface area contributed by atoms with Crippen molar-refractivity contribution in [2.24, 2.45) is 5.73 Å². The summed E-state index contributed by atoms with van der Waals surface area (Å²) in [5.41, 5.74) is 5.49. The van der Waals surface area contributed by atoms with E-state index in [9.17, 15) is 0 Å². The molecule has 0 spiro atoms. The van der Waals surface area contributed by atoms with Crippen molar-refractivity contribution in [2.75, 3.05) is 26.4 Å². The summed E-state index contributed by atoms with van der Waals surface area (Å²) in [5, 5.41) is 0. The summed E-state index contributed by atoms with van der Waals surface area (Å²) in [5.74, 6) is -1.03. The second kappa shape index (κ2) is 8.40. The molecular weight excluding hydrogens is 174 g/mol. The molecule has 0 aromatic rings. The molecule has 0 amide bonds. The zero-order chi connectivity index (χ0) is 9.45. The molecule has 4 N–H and O–H groups in total. The SMILES string of the molecule is CCOC(CN)(OCC)OCC.O. The van der Waals surface area contributed by atoms with Crippen LogP contribution in [0.2, 0.25) is 0 Å². The third-order valence-corrected chi connectivity index (χ3v) is 1.34. The van der Waals surface area contributed by atoms with Crippen LogP contribution in [0.15, 0.2) is 0 Å². The lowest BCUT2D eigenvalue weighted by Crippen LogP contribution is -2.46. The minimum absolute atomic E-state index is 0. The minimum atomic E-state index is -1.03. The molecule has 0 aliphatic rings. The first-order chi connectivity index (χ1) is 5.74. The third-order valence-electron chi connectivity index (χ3n) is 1.34. The second-order valence-corrected chi connectivity index (χ2v) is 2.19. The molecule has 0 rings (SSSR count). The summed E-state index contributed by atoms with van der Waals surface area (Å²) in [7, 11) is 0. The molecule has 0 bridgehead atoms. The van der Waals surface area contributed by atoms with E-state index in [1.54, 1.807) is 0 Å². The van der Waals surface area contributed by atoms with E-state index < -0.39 is 5.97 Å². The summed E-state index contributed by atoms with van der Waals surface area (Å²) < 4.78 is 15.9. The Labute approximate surface area is 79.5 Å². The summed E-state index contributed by atoms with van der Waals surface area (Å²) in [6.07, 6.45) is 0. The fraction of sp³-hybridized carbons (Fsp3) is 1.00. The monoisotopic (exact) mass is 195 g/mol. The van der Waals surface area contributed by atoms with Gasteiger partial charge >= 0.3 is 0 Å². The number of nitrogens with two attached hydrogens (primary N) is 1.